The van der Waals surface area contributed by atoms with Gasteiger partial charge in [-0.1, -0.05) is 13.0 Å². The van der Waals surface area contributed by atoms with Crippen molar-refractivity contribution in [1.82, 2.24) is 20.5 Å². The minimum atomic E-state index is -0.967. The van der Waals surface area contributed by atoms with Crippen molar-refractivity contribution in [3.63, 3.8) is 0 Å². The predicted octanol–water partition coefficient (Wildman–Crippen LogP) is 0.278. The third-order valence-corrected chi connectivity index (χ3v) is 5.04. The molecule has 9 nitrogen and oxygen atoms in total. The van der Waals surface area contributed by atoms with Crippen LogP contribution in [0.3, 0.4) is 0 Å². The van der Waals surface area contributed by atoms with E-state index in [-0.39, 0.29) is 24.9 Å². The average molecular weight is 391 g/mol. The lowest BCUT2D eigenvalue weighted by molar-refractivity contribution is -0.142. The number of hydrogen-bond donors (Lipinski definition) is 4. The van der Waals surface area contributed by atoms with Crippen LogP contribution in [0.5, 0.6) is 0 Å². The molecule has 1 aromatic rings. The Balaban J connectivity index is 1.92. The van der Waals surface area contributed by atoms with Crippen molar-refractivity contribution >= 4 is 23.6 Å². The summed E-state index contributed by atoms with van der Waals surface area (Å²) in [4.78, 5) is 41.9. The number of aliphatic carboxylic acids is 1. The summed E-state index contributed by atoms with van der Waals surface area (Å²) >= 11 is 0. The fourth-order valence-electron chi connectivity index (χ4n) is 3.33. The SMILES string of the molecule is Cc1nc(N)ccc1CNC(=O)[C@H](C)NC(=O)[C@H]1C[C@@H](C)CCN1CC(=O)O. The Morgan fingerprint density at radius 1 is 1.39 bits per heavy atom. The standard InChI is InChI=1S/C19H29N5O4/c1-11-6-7-24(10-17(25)26)15(8-11)19(28)23-13(3)18(27)21-9-14-4-5-16(20)22-12(14)2/h4-5,11,13,15H,6-10H2,1-3H3,(H2,20,22)(H,21,27)(H,23,28)(H,25,26)/t11-,13-,15+/m0/s1. The summed E-state index contributed by atoms with van der Waals surface area (Å²) < 4.78 is 0. The number of aromatic nitrogens is 1. The molecule has 2 rings (SSSR count). The van der Waals surface area contributed by atoms with Crippen molar-refractivity contribution in [2.75, 3.05) is 18.8 Å². The smallest absolute Gasteiger partial charge is 0.317 e. The second-order valence-electron chi connectivity index (χ2n) is 7.44. The quantitative estimate of drug-likeness (QED) is 0.524. The summed E-state index contributed by atoms with van der Waals surface area (Å²) in [5.41, 5.74) is 7.20. The third kappa shape index (κ3) is 5.91. The Kier molecular flexibility index (Phi) is 7.33. The molecule has 1 aliphatic rings. The van der Waals surface area contributed by atoms with Crippen LogP contribution in [-0.2, 0) is 20.9 Å². The first kappa shape index (κ1) is 21.6. The number of rotatable bonds is 7. The molecular formula is C19H29N5O4. The van der Waals surface area contributed by atoms with Gasteiger partial charge in [0.25, 0.3) is 0 Å². The molecule has 1 aromatic heterocycles. The lowest BCUT2D eigenvalue weighted by Crippen LogP contribution is -2.55. The summed E-state index contributed by atoms with van der Waals surface area (Å²) in [5.74, 6) is -0.864. The molecule has 3 atom stereocenters. The fraction of sp³-hybridized carbons (Fsp3) is 0.579. The highest BCUT2D eigenvalue weighted by molar-refractivity contribution is 5.89. The Morgan fingerprint density at radius 3 is 2.75 bits per heavy atom. The van der Waals surface area contributed by atoms with Crippen molar-refractivity contribution in [1.29, 1.82) is 0 Å². The molecule has 0 unspecified atom stereocenters. The molecule has 2 amide bonds. The first-order chi connectivity index (χ1) is 13.2. The lowest BCUT2D eigenvalue weighted by Gasteiger charge is -2.36. The maximum absolute atomic E-state index is 12.7. The average Bonchev–Trinajstić information content (AvgIpc) is 2.61. The number of carbonyl (C=O) groups is 3. The topological polar surface area (TPSA) is 138 Å². The van der Waals surface area contributed by atoms with Gasteiger partial charge in [-0.2, -0.15) is 0 Å². The number of aryl methyl sites for hydroxylation is 1. The van der Waals surface area contributed by atoms with E-state index in [1.807, 2.05) is 13.8 Å². The van der Waals surface area contributed by atoms with Crippen LogP contribution >= 0.6 is 0 Å². The molecule has 0 saturated carbocycles. The zero-order valence-electron chi connectivity index (χ0n) is 16.6. The number of nitrogen functional groups attached to an aromatic ring is 1. The van der Waals surface area contributed by atoms with Gasteiger partial charge >= 0.3 is 5.97 Å². The number of likely N-dealkylation sites (tertiary alicyclic amines) is 1. The number of pyridine rings is 1. The van der Waals surface area contributed by atoms with Gasteiger partial charge in [0.1, 0.15) is 11.9 Å². The van der Waals surface area contributed by atoms with Crippen LogP contribution in [-0.4, -0.2) is 57.9 Å². The molecule has 2 heterocycles. The van der Waals surface area contributed by atoms with Gasteiger partial charge in [-0.15, -0.1) is 0 Å². The number of nitrogens with zero attached hydrogens (tertiary/aromatic N) is 2. The number of nitrogens with one attached hydrogen (secondary N) is 2. The van der Waals surface area contributed by atoms with E-state index in [1.54, 1.807) is 24.0 Å². The highest BCUT2D eigenvalue weighted by Gasteiger charge is 2.34. The molecule has 1 aliphatic heterocycles. The molecule has 0 aliphatic carbocycles. The van der Waals surface area contributed by atoms with Crippen molar-refractivity contribution in [2.45, 2.75) is 52.2 Å². The molecule has 154 valence electrons. The van der Waals surface area contributed by atoms with Crippen molar-refractivity contribution in [3.8, 4) is 0 Å². The van der Waals surface area contributed by atoms with E-state index < -0.39 is 18.1 Å². The number of anilines is 1. The molecule has 9 heteroatoms. The predicted molar refractivity (Wildman–Crippen MR) is 104 cm³/mol. The van der Waals surface area contributed by atoms with Crippen LogP contribution in [0.4, 0.5) is 5.82 Å². The van der Waals surface area contributed by atoms with Crippen LogP contribution in [0.2, 0.25) is 0 Å². The van der Waals surface area contributed by atoms with Gasteiger partial charge in [-0.25, -0.2) is 4.98 Å². The van der Waals surface area contributed by atoms with E-state index in [4.69, 9.17) is 10.8 Å². The highest BCUT2D eigenvalue weighted by Crippen LogP contribution is 2.22. The maximum atomic E-state index is 12.7. The van der Waals surface area contributed by atoms with E-state index in [0.29, 0.717) is 24.7 Å². The zero-order chi connectivity index (χ0) is 20.8. The number of nitrogens with two attached hydrogens (primary N) is 1. The zero-order valence-corrected chi connectivity index (χ0v) is 16.6. The van der Waals surface area contributed by atoms with Crippen LogP contribution in [0.15, 0.2) is 12.1 Å². The first-order valence-electron chi connectivity index (χ1n) is 9.43. The van der Waals surface area contributed by atoms with Gasteiger partial charge < -0.3 is 21.5 Å². The first-order valence-corrected chi connectivity index (χ1v) is 9.43. The number of carboxylic acids is 1. The third-order valence-electron chi connectivity index (χ3n) is 5.04. The Morgan fingerprint density at radius 2 is 2.11 bits per heavy atom. The molecule has 0 radical (unpaired) electrons. The van der Waals surface area contributed by atoms with Crippen molar-refractivity contribution in [2.24, 2.45) is 5.92 Å². The van der Waals surface area contributed by atoms with Crippen LogP contribution in [0.25, 0.3) is 0 Å². The molecule has 5 N–H and O–H groups in total. The lowest BCUT2D eigenvalue weighted by atomic mass is 9.91. The van der Waals surface area contributed by atoms with E-state index in [0.717, 1.165) is 17.7 Å². The van der Waals surface area contributed by atoms with Gasteiger partial charge in [0.05, 0.1) is 12.6 Å². The van der Waals surface area contributed by atoms with Crippen molar-refractivity contribution in [3.05, 3.63) is 23.4 Å². The maximum Gasteiger partial charge on any atom is 0.317 e. The van der Waals surface area contributed by atoms with E-state index >= 15 is 0 Å². The molecule has 1 fully saturated rings. The van der Waals surface area contributed by atoms with Gasteiger partial charge in [0.15, 0.2) is 0 Å². The van der Waals surface area contributed by atoms with Crippen LogP contribution in [0.1, 0.15) is 37.9 Å². The molecule has 1 saturated heterocycles. The van der Waals surface area contributed by atoms with Gasteiger partial charge in [-0.05, 0) is 50.8 Å². The van der Waals surface area contributed by atoms with Gasteiger partial charge in [0, 0.05) is 12.2 Å². The molecular weight excluding hydrogens is 362 g/mol. The van der Waals surface area contributed by atoms with Crippen molar-refractivity contribution < 1.29 is 19.5 Å². The summed E-state index contributed by atoms with van der Waals surface area (Å²) in [6.45, 7) is 6.10. The number of piperidine rings is 1. The van der Waals surface area contributed by atoms with Gasteiger partial charge in [0.2, 0.25) is 11.8 Å². The second kappa shape index (κ2) is 9.50. The normalized spacial score (nSPS) is 21.0. The Bertz CT molecular complexity index is 739. The fourth-order valence-corrected chi connectivity index (χ4v) is 3.33. The summed E-state index contributed by atoms with van der Waals surface area (Å²) in [5, 5.41) is 14.6. The largest absolute Gasteiger partial charge is 0.480 e. The van der Waals surface area contributed by atoms with Gasteiger partial charge in [-0.3, -0.25) is 19.3 Å². The van der Waals surface area contributed by atoms with E-state index in [9.17, 15) is 14.4 Å². The second-order valence-corrected chi connectivity index (χ2v) is 7.44. The Hall–Kier alpha value is -2.68. The number of amides is 2. The summed E-state index contributed by atoms with van der Waals surface area (Å²) in [6.07, 6.45) is 1.42. The van der Waals surface area contributed by atoms with E-state index in [2.05, 4.69) is 15.6 Å². The number of hydrogen-bond acceptors (Lipinski definition) is 6. The van der Waals surface area contributed by atoms with Crippen LogP contribution in [0, 0.1) is 12.8 Å². The molecule has 0 spiro atoms. The molecule has 28 heavy (non-hydrogen) atoms. The summed E-state index contributed by atoms with van der Waals surface area (Å²) in [7, 11) is 0. The monoisotopic (exact) mass is 391 g/mol. The Labute approximate surface area is 164 Å². The molecule has 0 aromatic carbocycles. The number of carbonyl (C=O) groups excluding carboxylic acids is 2. The number of carboxylic acid groups (broad SMARTS) is 1. The minimum absolute atomic E-state index is 0.186. The minimum Gasteiger partial charge on any atom is -0.480 e. The summed E-state index contributed by atoms with van der Waals surface area (Å²) in [6, 6.07) is 2.19. The highest BCUT2D eigenvalue weighted by atomic mass is 16.4. The van der Waals surface area contributed by atoms with Crippen LogP contribution < -0.4 is 16.4 Å². The van der Waals surface area contributed by atoms with E-state index in [1.165, 1.54) is 0 Å². The molecule has 0 bridgehead atoms.